The Bertz CT molecular complexity index is 1290. The first-order chi connectivity index (χ1) is 15.8. The van der Waals surface area contributed by atoms with Gasteiger partial charge >= 0.3 is 0 Å². The van der Waals surface area contributed by atoms with Crippen molar-refractivity contribution in [2.24, 2.45) is 0 Å². The fraction of sp³-hybridized carbons (Fsp3) is 0.364. The molecule has 9 nitrogen and oxygen atoms in total. The molecule has 1 aliphatic rings. The summed E-state index contributed by atoms with van der Waals surface area (Å²) in [4.78, 5) is 27.3. The molecule has 1 N–H and O–H groups in total. The molecule has 0 aromatic carbocycles. The van der Waals surface area contributed by atoms with Gasteiger partial charge in [-0.3, -0.25) is 4.79 Å². The van der Waals surface area contributed by atoms with Crippen LogP contribution in [0, 0.1) is 0 Å². The maximum Gasteiger partial charge on any atom is 0.292 e. The van der Waals surface area contributed by atoms with E-state index in [9.17, 15) is 9.18 Å². The van der Waals surface area contributed by atoms with Gasteiger partial charge in [-0.2, -0.15) is 5.10 Å². The van der Waals surface area contributed by atoms with E-state index in [1.165, 1.54) is 7.11 Å². The molecule has 0 bridgehead atoms. The van der Waals surface area contributed by atoms with Crippen LogP contribution in [0.5, 0.6) is 0 Å². The average molecular weight is 470 g/mol. The predicted octanol–water partition coefficient (Wildman–Crippen LogP) is 3.56. The van der Waals surface area contributed by atoms with Crippen molar-refractivity contribution < 1.29 is 18.3 Å². The van der Waals surface area contributed by atoms with Gasteiger partial charge in [0, 0.05) is 32.0 Å². The third-order valence-electron chi connectivity index (χ3n) is 5.99. The lowest BCUT2D eigenvalue weighted by Gasteiger charge is -2.33. The second-order valence-corrected chi connectivity index (χ2v) is 8.99. The van der Waals surface area contributed by atoms with Gasteiger partial charge in [-0.25, -0.2) is 18.9 Å². The van der Waals surface area contributed by atoms with Crippen LogP contribution in [0.1, 0.15) is 65.0 Å². The van der Waals surface area contributed by atoms with Crippen LogP contribution in [0.2, 0.25) is 0 Å². The Hall–Kier alpha value is -3.10. The van der Waals surface area contributed by atoms with Crippen LogP contribution in [0.25, 0.3) is 5.52 Å². The van der Waals surface area contributed by atoms with E-state index in [2.05, 4.69) is 20.1 Å². The molecule has 0 saturated carbocycles. The van der Waals surface area contributed by atoms with E-state index in [1.807, 2.05) is 39.7 Å². The minimum Gasteiger partial charge on any atom is -0.432 e. The van der Waals surface area contributed by atoms with Gasteiger partial charge in [0.1, 0.15) is 17.3 Å². The number of nitrogens with one attached hydrogen (secondary N) is 1. The zero-order chi connectivity index (χ0) is 23.3. The number of carbonyl (C=O) groups excluding carboxylic acids is 1. The van der Waals surface area contributed by atoms with Crippen LogP contribution in [-0.4, -0.2) is 49.0 Å². The van der Waals surface area contributed by atoms with Gasteiger partial charge in [-0.15, -0.1) is 0 Å². The number of fused-ring (bicyclic) bond motifs is 2. The fourth-order valence-corrected chi connectivity index (χ4v) is 4.26. The summed E-state index contributed by atoms with van der Waals surface area (Å²) in [5.74, 6) is -2.06. The van der Waals surface area contributed by atoms with Crippen molar-refractivity contribution in [1.82, 2.24) is 29.5 Å². The number of ether oxygens (including phenoxy) is 1. The molecule has 0 aliphatic carbocycles. The summed E-state index contributed by atoms with van der Waals surface area (Å²) in [6.07, 6.45) is 4.03. The molecule has 0 radical (unpaired) electrons. The number of amides is 1. The summed E-state index contributed by atoms with van der Waals surface area (Å²) in [5.41, 5.74) is 2.19. The lowest BCUT2D eigenvalue weighted by molar-refractivity contribution is -0.00469. The van der Waals surface area contributed by atoms with Gasteiger partial charge in [0.25, 0.3) is 5.91 Å². The summed E-state index contributed by atoms with van der Waals surface area (Å²) in [7, 11) is 3.53. The highest BCUT2D eigenvalue weighted by atomic mass is 31.0. The van der Waals surface area contributed by atoms with Gasteiger partial charge in [-0.05, 0) is 32.0 Å². The minimum absolute atomic E-state index is 0.0771. The van der Waals surface area contributed by atoms with Crippen molar-refractivity contribution in [1.29, 1.82) is 0 Å². The Morgan fingerprint density at radius 1 is 1.42 bits per heavy atom. The van der Waals surface area contributed by atoms with E-state index in [0.717, 1.165) is 11.2 Å². The summed E-state index contributed by atoms with van der Waals surface area (Å²) in [6, 6.07) is 7.10. The van der Waals surface area contributed by atoms with Crippen molar-refractivity contribution in [2.75, 3.05) is 13.7 Å². The monoisotopic (exact) mass is 470 g/mol. The largest absolute Gasteiger partial charge is 0.432 e. The average Bonchev–Trinajstić information content (AvgIpc) is 3.55. The Morgan fingerprint density at radius 3 is 2.97 bits per heavy atom. The number of nitrogens with zero attached hydrogens (tertiary/aromatic N) is 5. The van der Waals surface area contributed by atoms with E-state index in [0.29, 0.717) is 24.4 Å². The van der Waals surface area contributed by atoms with Gasteiger partial charge in [0.05, 0.1) is 23.2 Å². The second kappa shape index (κ2) is 8.04. The smallest absolute Gasteiger partial charge is 0.292 e. The minimum atomic E-state index is -1.58. The molecule has 3 atom stereocenters. The summed E-state index contributed by atoms with van der Waals surface area (Å²) >= 11 is 0. The number of aromatic amines is 1. The Kier molecular flexibility index (Phi) is 5.29. The number of aromatic nitrogens is 5. The number of halogens is 1. The summed E-state index contributed by atoms with van der Waals surface area (Å²) in [6.45, 7) is 3.86. The third-order valence-corrected chi connectivity index (χ3v) is 6.30. The maximum absolute atomic E-state index is 14.5. The topological polar surface area (TPSA) is 102 Å². The molecule has 4 aromatic rings. The molecule has 0 spiro atoms. The second-order valence-electron chi connectivity index (χ2n) is 8.41. The van der Waals surface area contributed by atoms with Crippen molar-refractivity contribution in [2.45, 2.75) is 37.8 Å². The van der Waals surface area contributed by atoms with Crippen LogP contribution in [0.4, 0.5) is 4.39 Å². The maximum atomic E-state index is 14.5. The van der Waals surface area contributed by atoms with Gasteiger partial charge in [0.15, 0.2) is 5.91 Å². The van der Waals surface area contributed by atoms with Gasteiger partial charge in [-0.1, -0.05) is 15.3 Å². The van der Waals surface area contributed by atoms with E-state index < -0.39 is 23.5 Å². The molecule has 1 aliphatic heterocycles. The van der Waals surface area contributed by atoms with E-state index in [1.54, 1.807) is 29.6 Å². The molecule has 1 amide bonds. The molecule has 5 rings (SSSR count). The predicted molar refractivity (Wildman–Crippen MR) is 120 cm³/mol. The van der Waals surface area contributed by atoms with Crippen molar-refractivity contribution >= 4 is 20.7 Å². The van der Waals surface area contributed by atoms with Crippen LogP contribution in [0.15, 0.2) is 41.2 Å². The lowest BCUT2D eigenvalue weighted by atomic mass is 9.99. The number of pyridine rings is 1. The highest BCUT2D eigenvalue weighted by molar-refractivity contribution is 7.16. The quantitative estimate of drug-likeness (QED) is 0.448. The number of oxazole rings is 1. The molecule has 33 heavy (non-hydrogen) atoms. The number of methoxy groups -OCH3 is 1. The van der Waals surface area contributed by atoms with E-state index in [4.69, 9.17) is 9.15 Å². The molecule has 11 heteroatoms. The Labute approximate surface area is 191 Å². The van der Waals surface area contributed by atoms with Crippen LogP contribution in [0.3, 0.4) is 0 Å². The van der Waals surface area contributed by atoms with Crippen molar-refractivity contribution in [3.63, 3.8) is 0 Å². The molecular weight excluding hydrogens is 446 g/mol. The van der Waals surface area contributed by atoms with Gasteiger partial charge < -0.3 is 19.0 Å². The number of alkyl halides is 1. The molecular formula is C22H24FN6O3P. The zero-order valence-electron chi connectivity index (χ0n) is 18.4. The zero-order valence-corrected chi connectivity index (χ0v) is 19.6. The number of hydrogen-bond donors (Lipinski definition) is 1. The third kappa shape index (κ3) is 3.63. The molecule has 172 valence electrons. The highest BCUT2D eigenvalue weighted by Crippen LogP contribution is 2.37. The number of imidazole rings is 1. The molecule has 2 unspecified atom stereocenters. The van der Waals surface area contributed by atoms with Gasteiger partial charge in [0.2, 0.25) is 11.7 Å². The van der Waals surface area contributed by atoms with E-state index in [-0.39, 0.29) is 17.3 Å². The van der Waals surface area contributed by atoms with Crippen molar-refractivity contribution in [3.8, 4) is 0 Å². The molecule has 0 saturated heterocycles. The first-order valence-corrected chi connectivity index (χ1v) is 11.2. The molecule has 4 aromatic heterocycles. The van der Waals surface area contributed by atoms with Crippen LogP contribution >= 0.6 is 9.24 Å². The standard InChI is InChI=1S/C22H24FN6O3P/c1-22(2,31-3)21-26-16(19(23)33)18(32-21)20(30)28-9-7-13-15(25-11-24-13)17(28)14-10-12-6-4-5-8-29(12)27-14/h4-6,8,10-11,17,19H,7,9,33H2,1-3H3,(H,24,25)/t17-,19?/m1/s1. The SMILES string of the molecule is COC(C)(C)c1nc(C(F)P)c(C(=O)N2CCc3[nH]cnc3[C@H]2c2cc3ccccn3n2)o1. The number of H-pyrrole nitrogens is 1. The number of carbonyl (C=O) groups is 1. The lowest BCUT2D eigenvalue weighted by Crippen LogP contribution is -2.41. The summed E-state index contributed by atoms with van der Waals surface area (Å²) < 4.78 is 27.5. The van der Waals surface area contributed by atoms with Crippen molar-refractivity contribution in [3.05, 3.63) is 71.2 Å². The first-order valence-electron chi connectivity index (χ1n) is 10.5. The fourth-order valence-electron chi connectivity index (χ4n) is 4.03. The first kappa shape index (κ1) is 21.7. The summed E-state index contributed by atoms with van der Waals surface area (Å²) in [5, 5.41) is 4.68. The normalized spacial score (nSPS) is 17.4. The molecule has 5 heterocycles. The molecule has 0 fully saturated rings. The van der Waals surface area contributed by atoms with E-state index >= 15 is 0 Å². The van der Waals surface area contributed by atoms with Crippen LogP contribution in [-0.2, 0) is 16.8 Å². The van der Waals surface area contributed by atoms with Crippen LogP contribution < -0.4 is 0 Å². The number of rotatable bonds is 5. The number of hydrogen-bond acceptors (Lipinski definition) is 6. The highest BCUT2D eigenvalue weighted by Gasteiger charge is 2.40. The Balaban J connectivity index is 1.61. The Morgan fingerprint density at radius 2 is 2.24 bits per heavy atom.